The first kappa shape index (κ1) is 17.8. The van der Waals surface area contributed by atoms with Crippen molar-refractivity contribution in [2.24, 2.45) is 5.73 Å². The molecule has 1 fully saturated rings. The second kappa shape index (κ2) is 8.94. The van der Waals surface area contributed by atoms with E-state index in [2.05, 4.69) is 5.32 Å². The van der Waals surface area contributed by atoms with Gasteiger partial charge in [-0.05, 0) is 52.3 Å². The molecule has 5 nitrogen and oxygen atoms in total. The number of hydrogen-bond donors (Lipinski definition) is 2. The van der Waals surface area contributed by atoms with Crippen LogP contribution in [0.25, 0.3) is 0 Å². The van der Waals surface area contributed by atoms with Crippen LogP contribution in [0.2, 0.25) is 5.54 Å². The van der Waals surface area contributed by atoms with Gasteiger partial charge in [-0.3, -0.25) is 0 Å². The van der Waals surface area contributed by atoms with Crippen molar-refractivity contribution < 1.29 is 13.3 Å². The lowest BCUT2D eigenvalue weighted by molar-refractivity contribution is 0.0546. The normalized spacial score (nSPS) is 23.6. The highest BCUT2D eigenvalue weighted by atomic mass is 32.1. The molecule has 1 rings (SSSR count). The van der Waals surface area contributed by atoms with Crippen molar-refractivity contribution in [2.45, 2.75) is 58.0 Å². The average molecular weight is 321 g/mol. The lowest BCUT2D eigenvalue weighted by Crippen LogP contribution is -2.53. The summed E-state index contributed by atoms with van der Waals surface area (Å²) in [4.78, 5) is 0. The number of nitrogens with two attached hydrogens (primary N) is 1. The van der Waals surface area contributed by atoms with Crippen molar-refractivity contribution in [3.8, 4) is 0 Å². The summed E-state index contributed by atoms with van der Waals surface area (Å²) in [5.41, 5.74) is 5.91. The highest BCUT2D eigenvalue weighted by Gasteiger charge is 2.50. The van der Waals surface area contributed by atoms with E-state index in [0.29, 0.717) is 36.5 Å². The minimum atomic E-state index is -2.61. The molecule has 0 spiro atoms. The molecule has 1 aliphatic rings. The van der Waals surface area contributed by atoms with E-state index in [1.54, 1.807) is 0 Å². The molecular formula is C13H28N2O3SSi. The van der Waals surface area contributed by atoms with E-state index in [1.165, 1.54) is 0 Å². The van der Waals surface area contributed by atoms with Crippen LogP contribution in [-0.2, 0) is 13.3 Å². The quantitative estimate of drug-likeness (QED) is 0.528. The van der Waals surface area contributed by atoms with Crippen molar-refractivity contribution in [3.05, 3.63) is 0 Å². The first-order chi connectivity index (χ1) is 9.57. The van der Waals surface area contributed by atoms with Crippen molar-refractivity contribution in [2.75, 3.05) is 19.8 Å². The fraction of sp³-hybridized carbons (Fsp3) is 0.923. The Bertz CT molecular complexity index is 290. The third-order valence-corrected chi connectivity index (χ3v) is 7.27. The molecule has 0 heterocycles. The maximum Gasteiger partial charge on any atom is 0.504 e. The van der Waals surface area contributed by atoms with Gasteiger partial charge < -0.3 is 24.3 Å². The van der Waals surface area contributed by atoms with Gasteiger partial charge in [0.2, 0.25) is 0 Å². The molecule has 0 amide bonds. The number of rotatable bonds is 8. The highest BCUT2D eigenvalue weighted by Crippen LogP contribution is 2.39. The summed E-state index contributed by atoms with van der Waals surface area (Å²) in [7, 11) is -2.61. The lowest BCUT2D eigenvalue weighted by Gasteiger charge is -2.39. The van der Waals surface area contributed by atoms with Crippen molar-refractivity contribution >= 4 is 26.1 Å². The van der Waals surface area contributed by atoms with Gasteiger partial charge in [0.25, 0.3) is 0 Å². The Kier molecular flexibility index (Phi) is 7.97. The van der Waals surface area contributed by atoms with Gasteiger partial charge >= 0.3 is 8.80 Å². The molecule has 7 heteroatoms. The van der Waals surface area contributed by atoms with Crippen molar-refractivity contribution in [1.82, 2.24) is 5.32 Å². The number of thiocarbonyl (C=S) groups is 1. The molecule has 3 N–H and O–H groups in total. The Labute approximate surface area is 128 Å². The van der Waals surface area contributed by atoms with Gasteiger partial charge in [-0.15, -0.1) is 0 Å². The van der Waals surface area contributed by atoms with Gasteiger partial charge in [0.15, 0.2) is 5.11 Å². The molecule has 0 radical (unpaired) electrons. The third kappa shape index (κ3) is 4.96. The Morgan fingerprint density at radius 2 is 1.70 bits per heavy atom. The first-order valence-corrected chi connectivity index (χ1v) is 9.76. The Balaban J connectivity index is 2.79. The molecule has 2 unspecified atom stereocenters. The Morgan fingerprint density at radius 3 is 2.15 bits per heavy atom. The summed E-state index contributed by atoms with van der Waals surface area (Å²) >= 11 is 4.95. The van der Waals surface area contributed by atoms with Gasteiger partial charge in [0.1, 0.15) is 0 Å². The predicted octanol–water partition coefficient (Wildman–Crippen LogP) is 2.18. The van der Waals surface area contributed by atoms with Crippen molar-refractivity contribution in [3.63, 3.8) is 0 Å². The number of hydrogen-bond acceptors (Lipinski definition) is 4. The van der Waals surface area contributed by atoms with Crippen LogP contribution in [0.5, 0.6) is 0 Å². The second-order valence-corrected chi connectivity index (χ2v) is 8.30. The van der Waals surface area contributed by atoms with Crippen LogP contribution in [0.4, 0.5) is 0 Å². The van der Waals surface area contributed by atoms with E-state index in [0.717, 1.165) is 25.7 Å². The molecule has 0 bridgehead atoms. The minimum absolute atomic E-state index is 0.305. The standard InChI is InChI=1S/C13H28N2O3SSi/c1-4-16-20(17-5-2,18-6-3)12-9-7-8-11(10-12)15-13(14)19/h11-12H,4-10H2,1-3H3,(H3,14,15,19). The summed E-state index contributed by atoms with van der Waals surface area (Å²) in [5.74, 6) is 0. The monoisotopic (exact) mass is 320 g/mol. The summed E-state index contributed by atoms with van der Waals surface area (Å²) in [6, 6.07) is 0.305. The topological polar surface area (TPSA) is 65.7 Å². The van der Waals surface area contributed by atoms with E-state index in [-0.39, 0.29) is 0 Å². The van der Waals surface area contributed by atoms with E-state index >= 15 is 0 Å². The van der Waals surface area contributed by atoms with E-state index in [4.69, 9.17) is 31.2 Å². The average Bonchev–Trinajstić information content (AvgIpc) is 2.39. The van der Waals surface area contributed by atoms with Crippen LogP contribution in [0.15, 0.2) is 0 Å². The zero-order valence-corrected chi connectivity index (χ0v) is 14.6. The molecule has 2 atom stereocenters. The van der Waals surface area contributed by atoms with Gasteiger partial charge in [-0.2, -0.15) is 0 Å². The van der Waals surface area contributed by atoms with Gasteiger partial charge in [0, 0.05) is 31.4 Å². The largest absolute Gasteiger partial charge is 0.504 e. The van der Waals surface area contributed by atoms with Gasteiger partial charge in [-0.1, -0.05) is 6.42 Å². The maximum absolute atomic E-state index is 6.01. The molecule has 0 aromatic carbocycles. The molecule has 1 aliphatic carbocycles. The zero-order valence-electron chi connectivity index (χ0n) is 12.8. The number of nitrogens with one attached hydrogen (secondary N) is 1. The van der Waals surface area contributed by atoms with Gasteiger partial charge in [-0.25, -0.2) is 0 Å². The minimum Gasteiger partial charge on any atom is -0.376 e. The van der Waals surface area contributed by atoms with Crippen LogP contribution >= 0.6 is 12.2 Å². The molecule has 1 saturated carbocycles. The first-order valence-electron chi connectivity index (χ1n) is 7.55. The molecular weight excluding hydrogens is 292 g/mol. The fourth-order valence-corrected chi connectivity index (χ4v) is 6.39. The van der Waals surface area contributed by atoms with Crippen molar-refractivity contribution in [1.29, 1.82) is 0 Å². The smallest absolute Gasteiger partial charge is 0.376 e. The van der Waals surface area contributed by atoms with Crippen LogP contribution in [0, 0.1) is 0 Å². The maximum atomic E-state index is 6.01. The highest BCUT2D eigenvalue weighted by molar-refractivity contribution is 7.80. The second-order valence-electron chi connectivity index (χ2n) is 4.97. The Hall–Kier alpha value is -0.213. The SMILES string of the molecule is CCO[Si](OCC)(OCC)C1CCCC(NC(N)=S)C1. The molecule has 0 aromatic heterocycles. The molecule has 0 aromatic rings. The third-order valence-electron chi connectivity index (χ3n) is 3.56. The molecule has 118 valence electrons. The molecule has 20 heavy (non-hydrogen) atoms. The summed E-state index contributed by atoms with van der Waals surface area (Å²) in [6.07, 6.45) is 4.24. The zero-order chi connectivity index (χ0) is 15.0. The summed E-state index contributed by atoms with van der Waals surface area (Å²) < 4.78 is 18.0. The van der Waals surface area contributed by atoms with Crippen LogP contribution in [0.3, 0.4) is 0 Å². The predicted molar refractivity (Wildman–Crippen MR) is 86.6 cm³/mol. The fourth-order valence-electron chi connectivity index (χ4n) is 2.93. The lowest BCUT2D eigenvalue weighted by atomic mass is 9.95. The van der Waals surface area contributed by atoms with E-state index in [9.17, 15) is 0 Å². The van der Waals surface area contributed by atoms with Crippen LogP contribution < -0.4 is 11.1 Å². The van der Waals surface area contributed by atoms with E-state index in [1.807, 2.05) is 20.8 Å². The van der Waals surface area contributed by atoms with Crippen LogP contribution in [0.1, 0.15) is 46.5 Å². The van der Waals surface area contributed by atoms with Crippen LogP contribution in [-0.4, -0.2) is 39.8 Å². The van der Waals surface area contributed by atoms with Gasteiger partial charge in [0.05, 0.1) is 0 Å². The Morgan fingerprint density at radius 1 is 1.15 bits per heavy atom. The van der Waals surface area contributed by atoms with E-state index < -0.39 is 8.80 Å². The summed E-state index contributed by atoms with van der Waals surface area (Å²) in [5, 5.41) is 3.54. The summed E-state index contributed by atoms with van der Waals surface area (Å²) in [6.45, 7) is 7.84. The molecule has 0 saturated heterocycles. The molecule has 0 aliphatic heterocycles.